The Morgan fingerprint density at radius 3 is 2.50 bits per heavy atom. The Morgan fingerprint density at radius 1 is 1.14 bits per heavy atom. The average Bonchev–Trinajstić information content (AvgIpc) is 3.63. The number of hydrogen-bond acceptors (Lipinski definition) is 5. The van der Waals surface area contributed by atoms with E-state index < -0.39 is 41.1 Å². The summed E-state index contributed by atoms with van der Waals surface area (Å²) in [6.45, 7) is 4.65. The largest absolute Gasteiger partial charge is 0.379 e. The van der Waals surface area contributed by atoms with Crippen LogP contribution in [0.3, 0.4) is 0 Å². The summed E-state index contributed by atoms with van der Waals surface area (Å²) in [5.74, 6) is -4.15. The summed E-state index contributed by atoms with van der Waals surface area (Å²) >= 11 is 5.88. The molecule has 5 rings (SSSR count). The maximum atomic E-state index is 13.7. The molecule has 3 aliphatic heterocycles. The van der Waals surface area contributed by atoms with E-state index in [1.807, 2.05) is 13.8 Å². The third-order valence-corrected chi connectivity index (χ3v) is 8.04. The molecule has 0 aromatic heterocycles. The Bertz CT molecular complexity index is 1190. The molecule has 3 heterocycles. The van der Waals surface area contributed by atoms with Crippen molar-refractivity contribution in [3.05, 3.63) is 45.9 Å². The lowest BCUT2D eigenvalue weighted by molar-refractivity contribution is -0.154. The third kappa shape index (κ3) is 4.12. The fraction of sp³-hybridized carbons (Fsp3) is 0.538. The molecule has 3 fully saturated rings. The van der Waals surface area contributed by atoms with Crippen LogP contribution in [-0.4, -0.2) is 70.2 Å². The van der Waals surface area contributed by atoms with E-state index in [0.29, 0.717) is 30.5 Å². The minimum Gasteiger partial charge on any atom is -0.379 e. The van der Waals surface area contributed by atoms with Crippen molar-refractivity contribution >= 4 is 35.1 Å². The molecule has 0 bridgehead atoms. The number of methoxy groups -OCH3 is 1. The normalized spacial score (nSPS) is 24.6. The number of carbonyl (C=O) groups is 4. The molecule has 0 N–H and O–H groups in total. The molecule has 3 amide bonds. The smallest absolute Gasteiger partial charge is 0.297 e. The van der Waals surface area contributed by atoms with Crippen molar-refractivity contribution in [3.8, 4) is 0 Å². The van der Waals surface area contributed by atoms with Crippen molar-refractivity contribution < 1.29 is 28.3 Å². The highest BCUT2D eigenvalue weighted by atomic mass is 35.5. The van der Waals surface area contributed by atoms with Gasteiger partial charge < -0.3 is 14.5 Å². The van der Waals surface area contributed by atoms with E-state index in [-0.39, 0.29) is 35.6 Å². The molecule has 0 spiro atoms. The van der Waals surface area contributed by atoms with Crippen LogP contribution in [-0.2, 0) is 30.5 Å². The fourth-order valence-corrected chi connectivity index (χ4v) is 5.56. The number of likely N-dealkylation sites (tertiary alicyclic amines) is 1. The SMILES string of the molecule is COC(C)(C)CCN1C(=O)C2=C3CCN(Cc4ccc(F)c(Cl)c4)C(=O)C3C(=O)C(=O)N2C1C1CC1. The van der Waals surface area contributed by atoms with E-state index in [4.69, 9.17) is 16.3 Å². The lowest BCUT2D eigenvalue weighted by Gasteiger charge is -2.39. The van der Waals surface area contributed by atoms with Gasteiger partial charge in [0, 0.05) is 26.7 Å². The van der Waals surface area contributed by atoms with Crippen LogP contribution in [0.4, 0.5) is 4.39 Å². The minimum atomic E-state index is -1.30. The number of benzene rings is 1. The summed E-state index contributed by atoms with van der Waals surface area (Å²) < 4.78 is 19.1. The van der Waals surface area contributed by atoms with Crippen molar-refractivity contribution in [1.82, 2.24) is 14.7 Å². The van der Waals surface area contributed by atoms with Crippen molar-refractivity contribution in [2.24, 2.45) is 11.8 Å². The topological polar surface area (TPSA) is 87.2 Å². The first-order chi connectivity index (χ1) is 17.0. The van der Waals surface area contributed by atoms with Gasteiger partial charge >= 0.3 is 0 Å². The summed E-state index contributed by atoms with van der Waals surface area (Å²) in [5, 5.41) is -0.0567. The van der Waals surface area contributed by atoms with Crippen molar-refractivity contribution in [1.29, 1.82) is 0 Å². The van der Waals surface area contributed by atoms with Gasteiger partial charge in [-0.2, -0.15) is 0 Å². The van der Waals surface area contributed by atoms with Gasteiger partial charge in [0.15, 0.2) is 0 Å². The zero-order chi connectivity index (χ0) is 25.9. The molecule has 2 unspecified atom stereocenters. The second kappa shape index (κ2) is 8.95. The number of amides is 3. The van der Waals surface area contributed by atoms with Crippen LogP contribution in [0.5, 0.6) is 0 Å². The quantitative estimate of drug-likeness (QED) is 0.410. The molecule has 10 heteroatoms. The van der Waals surface area contributed by atoms with Crippen LogP contribution in [0.25, 0.3) is 0 Å². The van der Waals surface area contributed by atoms with Gasteiger partial charge in [0.2, 0.25) is 11.7 Å². The van der Waals surface area contributed by atoms with Crippen LogP contribution < -0.4 is 0 Å². The summed E-state index contributed by atoms with van der Waals surface area (Å²) in [4.78, 5) is 58.3. The van der Waals surface area contributed by atoms with E-state index in [1.165, 1.54) is 28.0 Å². The van der Waals surface area contributed by atoms with E-state index in [2.05, 4.69) is 0 Å². The Balaban J connectivity index is 1.46. The number of carbonyl (C=O) groups excluding carboxylic acids is 4. The standard InChI is InChI=1S/C26H29ClFN3O5/c1-26(2,36-3)9-11-30-22(15-5-6-15)31-20(24(30)34)16-8-10-29(23(33)19(16)21(32)25(31)35)13-14-4-7-18(28)17(27)12-14/h4,7,12,15,19,22H,5-6,8-11,13H2,1-3H3. The molecule has 1 aromatic rings. The van der Waals surface area contributed by atoms with Crippen LogP contribution in [0.2, 0.25) is 5.02 Å². The Morgan fingerprint density at radius 2 is 1.86 bits per heavy atom. The predicted octanol–water partition coefficient (Wildman–Crippen LogP) is 2.89. The van der Waals surface area contributed by atoms with Gasteiger partial charge in [-0.15, -0.1) is 0 Å². The number of ketones is 1. The van der Waals surface area contributed by atoms with E-state index in [9.17, 15) is 23.6 Å². The molecule has 4 aliphatic rings. The molecule has 2 atom stereocenters. The molecule has 1 aliphatic carbocycles. The fourth-order valence-electron chi connectivity index (χ4n) is 5.35. The second-order valence-electron chi connectivity index (χ2n) is 10.6. The molecule has 0 radical (unpaired) electrons. The van der Waals surface area contributed by atoms with Crippen molar-refractivity contribution in [2.75, 3.05) is 20.2 Å². The summed E-state index contributed by atoms with van der Waals surface area (Å²) in [6, 6.07) is 4.19. The van der Waals surface area contributed by atoms with Crippen LogP contribution >= 0.6 is 11.6 Å². The summed E-state index contributed by atoms with van der Waals surface area (Å²) in [5.41, 5.74) is 0.791. The van der Waals surface area contributed by atoms with Gasteiger partial charge in [-0.3, -0.25) is 24.1 Å². The number of ether oxygens (including phenoxy) is 1. The molecule has 2 saturated heterocycles. The summed E-state index contributed by atoms with van der Waals surface area (Å²) in [6.07, 6.45) is 2.11. The number of Topliss-reactive ketones (excluding diaryl/α,β-unsaturated/α-hetero) is 1. The van der Waals surface area contributed by atoms with Gasteiger partial charge in [-0.25, -0.2) is 4.39 Å². The van der Waals surface area contributed by atoms with E-state index in [1.54, 1.807) is 12.0 Å². The maximum Gasteiger partial charge on any atom is 0.297 e. The number of halogens is 2. The Labute approximate surface area is 214 Å². The first kappa shape index (κ1) is 24.9. The number of fused-ring (bicyclic) bond motifs is 2. The number of rotatable bonds is 7. The van der Waals surface area contributed by atoms with Gasteiger partial charge in [-0.05, 0) is 68.7 Å². The zero-order valence-corrected chi connectivity index (χ0v) is 21.3. The van der Waals surface area contributed by atoms with Crippen molar-refractivity contribution in [3.63, 3.8) is 0 Å². The molecule has 1 aromatic carbocycles. The lowest BCUT2D eigenvalue weighted by Crippen LogP contribution is -2.55. The zero-order valence-electron chi connectivity index (χ0n) is 20.6. The number of nitrogens with zero attached hydrogens (tertiary/aromatic N) is 3. The van der Waals surface area contributed by atoms with Gasteiger partial charge in [-0.1, -0.05) is 17.7 Å². The number of hydrogen-bond donors (Lipinski definition) is 0. The average molecular weight is 518 g/mol. The third-order valence-electron chi connectivity index (χ3n) is 7.75. The molecule has 192 valence electrons. The van der Waals surface area contributed by atoms with Gasteiger partial charge in [0.1, 0.15) is 23.6 Å². The molecular weight excluding hydrogens is 489 g/mol. The predicted molar refractivity (Wildman–Crippen MR) is 128 cm³/mol. The molecule has 36 heavy (non-hydrogen) atoms. The van der Waals surface area contributed by atoms with Crippen molar-refractivity contribution in [2.45, 2.75) is 57.8 Å². The molecule has 8 nitrogen and oxygen atoms in total. The van der Waals surface area contributed by atoms with Gasteiger partial charge in [0.25, 0.3) is 11.8 Å². The highest BCUT2D eigenvalue weighted by molar-refractivity contribution is 6.43. The highest BCUT2D eigenvalue weighted by Crippen LogP contribution is 2.47. The van der Waals surface area contributed by atoms with E-state index in [0.717, 1.165) is 12.8 Å². The first-order valence-corrected chi connectivity index (χ1v) is 12.6. The van der Waals surface area contributed by atoms with E-state index >= 15 is 0 Å². The molecule has 1 saturated carbocycles. The summed E-state index contributed by atoms with van der Waals surface area (Å²) in [7, 11) is 1.62. The van der Waals surface area contributed by atoms with Crippen LogP contribution in [0.15, 0.2) is 29.5 Å². The second-order valence-corrected chi connectivity index (χ2v) is 11.0. The molecular formula is C26H29ClFN3O5. The minimum absolute atomic E-state index is 0.0567. The Kier molecular flexibility index (Phi) is 6.19. The monoisotopic (exact) mass is 517 g/mol. The van der Waals surface area contributed by atoms with Gasteiger partial charge in [0.05, 0.1) is 10.6 Å². The lowest BCUT2D eigenvalue weighted by atomic mass is 9.82. The number of piperidine rings is 1. The Hall–Kier alpha value is -2.78. The highest BCUT2D eigenvalue weighted by Gasteiger charge is 2.59. The maximum absolute atomic E-state index is 13.7. The van der Waals surface area contributed by atoms with Crippen LogP contribution in [0.1, 0.15) is 45.1 Å². The van der Waals surface area contributed by atoms with Crippen LogP contribution in [0, 0.1) is 17.7 Å². The first-order valence-electron chi connectivity index (χ1n) is 12.2.